The zero-order valence-corrected chi connectivity index (χ0v) is 9.16. The third kappa shape index (κ3) is 3.15. The lowest BCUT2D eigenvalue weighted by Crippen LogP contribution is -2.44. The van der Waals surface area contributed by atoms with Crippen molar-refractivity contribution in [3.05, 3.63) is 0 Å². The zero-order valence-electron chi connectivity index (χ0n) is 9.16. The van der Waals surface area contributed by atoms with Gasteiger partial charge in [0.25, 0.3) is 0 Å². The lowest BCUT2D eigenvalue weighted by molar-refractivity contribution is -0.127. The van der Waals surface area contributed by atoms with E-state index in [1.807, 2.05) is 0 Å². The molecule has 0 heterocycles. The van der Waals surface area contributed by atoms with E-state index < -0.39 is 0 Å². The van der Waals surface area contributed by atoms with Gasteiger partial charge in [0, 0.05) is 20.3 Å². The van der Waals surface area contributed by atoms with Crippen molar-refractivity contribution in [3.8, 4) is 0 Å². The average molecular weight is 216 g/mol. The Morgan fingerprint density at radius 2 is 2.33 bits per heavy atom. The third-order valence-corrected chi connectivity index (χ3v) is 2.91. The third-order valence-electron chi connectivity index (χ3n) is 2.91. The normalized spacial score (nSPS) is 19.7. The van der Waals surface area contributed by atoms with Crippen molar-refractivity contribution in [2.24, 2.45) is 11.1 Å². The maximum Gasteiger partial charge on any atom is 0.227 e. The van der Waals surface area contributed by atoms with Crippen LogP contribution in [0, 0.1) is 5.41 Å². The number of hydrogen-bond acceptors (Lipinski definition) is 4. The van der Waals surface area contributed by atoms with E-state index in [9.17, 15) is 4.79 Å². The first-order chi connectivity index (χ1) is 7.18. The summed E-state index contributed by atoms with van der Waals surface area (Å²) in [6, 6.07) is -0.114. The van der Waals surface area contributed by atoms with Crippen LogP contribution >= 0.6 is 0 Å². The Balaban J connectivity index is 2.40. The Bertz CT molecular complexity index is 211. The van der Waals surface area contributed by atoms with Gasteiger partial charge < -0.3 is 20.9 Å². The van der Waals surface area contributed by atoms with E-state index >= 15 is 0 Å². The van der Waals surface area contributed by atoms with Crippen molar-refractivity contribution in [3.63, 3.8) is 0 Å². The molecule has 1 aliphatic carbocycles. The van der Waals surface area contributed by atoms with E-state index in [0.717, 1.165) is 12.8 Å². The second-order valence-corrected chi connectivity index (χ2v) is 4.12. The number of aliphatic hydroxyl groups excluding tert-OH is 1. The molecule has 0 aromatic carbocycles. The van der Waals surface area contributed by atoms with Crippen LogP contribution in [0.15, 0.2) is 0 Å². The van der Waals surface area contributed by atoms with Gasteiger partial charge >= 0.3 is 0 Å². The second kappa shape index (κ2) is 5.44. The lowest BCUT2D eigenvalue weighted by Gasteiger charge is -2.20. The van der Waals surface area contributed by atoms with E-state index in [4.69, 9.17) is 15.6 Å². The number of carbonyl (C=O) groups excluding carboxylic acids is 1. The molecule has 1 saturated carbocycles. The van der Waals surface area contributed by atoms with Gasteiger partial charge in [-0.1, -0.05) is 0 Å². The molecule has 1 amide bonds. The summed E-state index contributed by atoms with van der Waals surface area (Å²) in [5, 5.41) is 11.7. The van der Waals surface area contributed by atoms with Crippen LogP contribution in [0.1, 0.15) is 19.3 Å². The fourth-order valence-electron chi connectivity index (χ4n) is 1.57. The van der Waals surface area contributed by atoms with Crippen molar-refractivity contribution in [1.82, 2.24) is 5.32 Å². The number of nitrogens with two attached hydrogens (primary N) is 1. The van der Waals surface area contributed by atoms with Gasteiger partial charge in [-0.2, -0.15) is 0 Å². The van der Waals surface area contributed by atoms with Gasteiger partial charge in [-0.05, 0) is 19.3 Å². The lowest BCUT2D eigenvalue weighted by atomic mass is 10.1. The maximum absolute atomic E-state index is 11.8. The summed E-state index contributed by atoms with van der Waals surface area (Å²) in [5.74, 6) is 0.000463. The van der Waals surface area contributed by atoms with Crippen molar-refractivity contribution in [2.75, 3.05) is 26.9 Å². The van der Waals surface area contributed by atoms with E-state index in [1.54, 1.807) is 7.11 Å². The van der Waals surface area contributed by atoms with Crippen LogP contribution in [0.25, 0.3) is 0 Å². The quantitative estimate of drug-likeness (QED) is 0.522. The summed E-state index contributed by atoms with van der Waals surface area (Å²) in [7, 11) is 1.58. The Hall–Kier alpha value is -0.650. The van der Waals surface area contributed by atoms with Crippen LogP contribution in [0.4, 0.5) is 0 Å². The molecule has 1 atom stereocenters. The molecule has 1 unspecified atom stereocenters. The minimum atomic E-state index is -0.332. The van der Waals surface area contributed by atoms with Gasteiger partial charge in [0.05, 0.1) is 18.1 Å². The second-order valence-electron chi connectivity index (χ2n) is 4.12. The van der Waals surface area contributed by atoms with Gasteiger partial charge in [0.2, 0.25) is 5.91 Å². The Morgan fingerprint density at radius 3 is 2.73 bits per heavy atom. The topological polar surface area (TPSA) is 84.6 Å². The summed E-state index contributed by atoms with van der Waals surface area (Å²) < 4.78 is 4.97. The van der Waals surface area contributed by atoms with E-state index in [1.165, 1.54) is 0 Å². The van der Waals surface area contributed by atoms with Gasteiger partial charge in [0.15, 0.2) is 0 Å². The fraction of sp³-hybridized carbons (Fsp3) is 0.900. The average Bonchev–Trinajstić information content (AvgIpc) is 2.99. The molecule has 5 nitrogen and oxygen atoms in total. The van der Waals surface area contributed by atoms with Crippen LogP contribution in [-0.2, 0) is 9.53 Å². The van der Waals surface area contributed by atoms with Crippen molar-refractivity contribution in [1.29, 1.82) is 0 Å². The van der Waals surface area contributed by atoms with Gasteiger partial charge in [-0.3, -0.25) is 4.79 Å². The number of carbonyl (C=O) groups is 1. The number of amides is 1. The minimum absolute atomic E-state index is 0.000463. The first kappa shape index (κ1) is 12.4. The predicted octanol–water partition coefficient (Wildman–Crippen LogP) is -0.761. The molecule has 1 rings (SSSR count). The molecule has 0 aromatic rings. The maximum atomic E-state index is 11.8. The van der Waals surface area contributed by atoms with E-state index in [0.29, 0.717) is 19.6 Å². The first-order valence-electron chi connectivity index (χ1n) is 5.29. The molecule has 4 N–H and O–H groups in total. The molecule has 1 aliphatic rings. The molecule has 0 aromatic heterocycles. The smallest absolute Gasteiger partial charge is 0.227 e. The minimum Gasteiger partial charge on any atom is -0.396 e. The highest BCUT2D eigenvalue weighted by Crippen LogP contribution is 2.44. The highest BCUT2D eigenvalue weighted by molar-refractivity contribution is 5.85. The number of rotatable bonds is 7. The summed E-state index contributed by atoms with van der Waals surface area (Å²) in [6.45, 7) is 0.870. The Kier molecular flexibility index (Phi) is 4.50. The summed E-state index contributed by atoms with van der Waals surface area (Å²) >= 11 is 0. The molecule has 5 heteroatoms. The van der Waals surface area contributed by atoms with Crippen LogP contribution in [-0.4, -0.2) is 43.9 Å². The molecule has 0 aliphatic heterocycles. The Labute approximate surface area is 90.0 Å². The molecule has 1 fully saturated rings. The number of ether oxygens (including phenoxy) is 1. The van der Waals surface area contributed by atoms with E-state index in [2.05, 4.69) is 5.32 Å². The first-order valence-corrected chi connectivity index (χ1v) is 5.29. The van der Waals surface area contributed by atoms with Crippen LogP contribution in [0.2, 0.25) is 0 Å². The van der Waals surface area contributed by atoms with Crippen molar-refractivity contribution in [2.45, 2.75) is 25.3 Å². The fourth-order valence-corrected chi connectivity index (χ4v) is 1.57. The summed E-state index contributed by atoms with van der Waals surface area (Å²) in [6.07, 6.45) is 2.25. The molecular formula is C10H20N2O3. The molecule has 0 radical (unpaired) electrons. The summed E-state index contributed by atoms with van der Waals surface area (Å²) in [4.78, 5) is 11.8. The van der Waals surface area contributed by atoms with Gasteiger partial charge in [-0.25, -0.2) is 0 Å². The largest absolute Gasteiger partial charge is 0.396 e. The van der Waals surface area contributed by atoms with Crippen molar-refractivity contribution >= 4 is 5.91 Å². The highest BCUT2D eigenvalue weighted by Gasteiger charge is 2.48. The predicted molar refractivity (Wildman–Crippen MR) is 56.2 cm³/mol. The number of hydrogen-bond donors (Lipinski definition) is 3. The molecule has 88 valence electrons. The van der Waals surface area contributed by atoms with Crippen LogP contribution in [0.5, 0.6) is 0 Å². The molecule has 15 heavy (non-hydrogen) atoms. The number of methoxy groups -OCH3 is 1. The molecular weight excluding hydrogens is 196 g/mol. The summed E-state index contributed by atoms with van der Waals surface area (Å²) in [5.41, 5.74) is 5.22. The van der Waals surface area contributed by atoms with Gasteiger partial charge in [-0.15, -0.1) is 0 Å². The highest BCUT2D eigenvalue weighted by atomic mass is 16.5. The monoisotopic (exact) mass is 216 g/mol. The SMILES string of the molecule is COCC(CCO)NC(=O)C1(CN)CC1. The number of nitrogens with one attached hydrogen (secondary N) is 1. The van der Waals surface area contributed by atoms with Gasteiger partial charge in [0.1, 0.15) is 0 Å². The van der Waals surface area contributed by atoms with Crippen molar-refractivity contribution < 1.29 is 14.6 Å². The zero-order chi connectivity index (χ0) is 11.3. The molecule has 0 spiro atoms. The standard InChI is InChI=1S/C10H20N2O3/c1-15-6-8(2-5-13)12-9(14)10(7-11)3-4-10/h8,13H,2-7,11H2,1H3,(H,12,14). The van der Waals surface area contributed by atoms with Crippen LogP contribution in [0.3, 0.4) is 0 Å². The van der Waals surface area contributed by atoms with E-state index in [-0.39, 0.29) is 24.0 Å². The number of aliphatic hydroxyl groups is 1. The molecule has 0 saturated heterocycles. The molecule has 0 bridgehead atoms. The van der Waals surface area contributed by atoms with Crippen LogP contribution < -0.4 is 11.1 Å². The Morgan fingerprint density at radius 1 is 1.67 bits per heavy atom.